The maximum atomic E-state index is 14.4. The third kappa shape index (κ3) is 4.56. The molecule has 0 aromatic heterocycles. The summed E-state index contributed by atoms with van der Waals surface area (Å²) < 4.78 is 25.6. The van der Waals surface area contributed by atoms with Crippen molar-refractivity contribution >= 4 is 35.1 Å². The summed E-state index contributed by atoms with van der Waals surface area (Å²) in [4.78, 5) is 27.5. The van der Waals surface area contributed by atoms with Gasteiger partial charge in [-0.15, -0.1) is 0 Å². The van der Waals surface area contributed by atoms with Gasteiger partial charge in [0.2, 0.25) is 5.91 Å². The van der Waals surface area contributed by atoms with Crippen LogP contribution in [-0.4, -0.2) is 36.0 Å². The van der Waals surface area contributed by atoms with Crippen LogP contribution in [0.2, 0.25) is 10.0 Å². The first-order chi connectivity index (χ1) is 14.9. The Hall–Kier alpha value is -2.15. The second-order valence-corrected chi connectivity index (χ2v) is 8.58. The lowest BCUT2D eigenvalue weighted by Gasteiger charge is -2.44. The number of ether oxygens (including phenoxy) is 2. The lowest BCUT2D eigenvalue weighted by molar-refractivity contribution is -0.174. The molecule has 1 aliphatic heterocycles. The Morgan fingerprint density at radius 2 is 2.00 bits per heavy atom. The molecule has 3 unspecified atom stereocenters. The summed E-state index contributed by atoms with van der Waals surface area (Å²) in [6, 6.07) is 9.96. The summed E-state index contributed by atoms with van der Waals surface area (Å²) in [5, 5.41) is 0.483. The number of esters is 1. The number of morpholine rings is 1. The first-order valence-corrected chi connectivity index (χ1v) is 11.0. The van der Waals surface area contributed by atoms with Gasteiger partial charge in [0.25, 0.3) is 0 Å². The first kappa shape index (κ1) is 22.1. The Balaban J connectivity index is 1.84. The predicted molar refractivity (Wildman–Crippen MR) is 114 cm³/mol. The fourth-order valence-corrected chi connectivity index (χ4v) is 4.44. The van der Waals surface area contributed by atoms with Crippen molar-refractivity contribution in [2.45, 2.75) is 38.0 Å². The molecule has 1 heterocycles. The molecule has 2 aliphatic rings. The minimum Gasteiger partial charge on any atom is -0.464 e. The first-order valence-electron chi connectivity index (χ1n) is 10.2. The lowest BCUT2D eigenvalue weighted by atomic mass is 9.90. The van der Waals surface area contributed by atoms with Crippen molar-refractivity contribution in [3.05, 3.63) is 69.5 Å². The second-order valence-electron chi connectivity index (χ2n) is 7.74. The molecule has 1 saturated carbocycles. The van der Waals surface area contributed by atoms with Crippen LogP contribution in [0.25, 0.3) is 0 Å². The Bertz CT molecular complexity index is 997. The zero-order valence-corrected chi connectivity index (χ0v) is 18.4. The SMILES string of the molecule is CCOC(=O)C(C1CC1)N1C(=O)COC(c2cccc(Cl)c2)C1c1ccc(Cl)c(F)c1. The van der Waals surface area contributed by atoms with E-state index < -0.39 is 30.0 Å². The second kappa shape index (κ2) is 9.15. The molecule has 2 fully saturated rings. The Morgan fingerprint density at radius 1 is 1.23 bits per heavy atom. The number of benzene rings is 2. The van der Waals surface area contributed by atoms with Crippen molar-refractivity contribution in [2.24, 2.45) is 5.92 Å². The van der Waals surface area contributed by atoms with E-state index in [1.165, 1.54) is 17.0 Å². The fourth-order valence-electron chi connectivity index (χ4n) is 4.12. The van der Waals surface area contributed by atoms with Crippen molar-refractivity contribution in [1.29, 1.82) is 0 Å². The van der Waals surface area contributed by atoms with E-state index in [0.717, 1.165) is 18.4 Å². The molecule has 5 nitrogen and oxygen atoms in total. The van der Waals surface area contributed by atoms with E-state index in [2.05, 4.69) is 0 Å². The Morgan fingerprint density at radius 3 is 2.65 bits per heavy atom. The number of rotatable bonds is 6. The quantitative estimate of drug-likeness (QED) is 0.555. The predicted octanol–water partition coefficient (Wildman–Crippen LogP) is 5.12. The molecule has 0 spiro atoms. The summed E-state index contributed by atoms with van der Waals surface area (Å²) in [5.74, 6) is -1.41. The third-order valence-corrected chi connectivity index (χ3v) is 6.16. The van der Waals surface area contributed by atoms with Gasteiger partial charge < -0.3 is 14.4 Å². The van der Waals surface area contributed by atoms with E-state index in [-0.39, 0.29) is 30.1 Å². The van der Waals surface area contributed by atoms with Crippen molar-refractivity contribution < 1.29 is 23.5 Å². The van der Waals surface area contributed by atoms with Crippen LogP contribution in [0.3, 0.4) is 0 Å². The highest BCUT2D eigenvalue weighted by Crippen LogP contribution is 2.46. The van der Waals surface area contributed by atoms with E-state index in [4.69, 9.17) is 32.7 Å². The molecule has 164 valence electrons. The van der Waals surface area contributed by atoms with E-state index in [0.29, 0.717) is 10.6 Å². The standard InChI is InChI=1S/C23H22Cl2FNO4/c1-2-30-23(29)21(13-6-7-13)27-19(28)12-31-22(15-4-3-5-16(24)10-15)20(27)14-8-9-17(25)18(26)11-14/h3-5,8-11,13,20-22H,2,6-7,12H2,1H3. The van der Waals surface area contributed by atoms with E-state index in [1.807, 2.05) is 6.07 Å². The number of carbonyl (C=O) groups is 2. The van der Waals surface area contributed by atoms with Crippen LogP contribution in [0.5, 0.6) is 0 Å². The van der Waals surface area contributed by atoms with Crippen LogP contribution in [0.1, 0.15) is 43.0 Å². The minimum atomic E-state index is -0.762. The minimum absolute atomic E-state index is 0.000702. The topological polar surface area (TPSA) is 55.8 Å². The van der Waals surface area contributed by atoms with Gasteiger partial charge in [0.1, 0.15) is 24.6 Å². The molecule has 8 heteroatoms. The van der Waals surface area contributed by atoms with Gasteiger partial charge >= 0.3 is 5.97 Å². The third-order valence-electron chi connectivity index (χ3n) is 5.62. The van der Waals surface area contributed by atoms with Crippen molar-refractivity contribution in [2.75, 3.05) is 13.2 Å². The van der Waals surface area contributed by atoms with Gasteiger partial charge in [-0.1, -0.05) is 41.4 Å². The molecule has 4 rings (SSSR count). The van der Waals surface area contributed by atoms with Crippen LogP contribution >= 0.6 is 23.2 Å². The number of carbonyl (C=O) groups excluding carboxylic acids is 2. The summed E-state index contributed by atoms with van der Waals surface area (Å²) in [6.45, 7) is 1.73. The zero-order chi connectivity index (χ0) is 22.1. The van der Waals surface area contributed by atoms with Crippen LogP contribution in [0.15, 0.2) is 42.5 Å². The van der Waals surface area contributed by atoms with E-state index in [9.17, 15) is 14.0 Å². The Kier molecular flexibility index (Phi) is 6.51. The van der Waals surface area contributed by atoms with Gasteiger partial charge in [0.15, 0.2) is 0 Å². The summed E-state index contributed by atoms with van der Waals surface area (Å²) in [6.07, 6.45) is 0.989. The van der Waals surface area contributed by atoms with Crippen LogP contribution < -0.4 is 0 Å². The summed E-state index contributed by atoms with van der Waals surface area (Å²) in [5.41, 5.74) is 1.21. The fraction of sp³-hybridized carbons (Fsp3) is 0.391. The maximum Gasteiger partial charge on any atom is 0.329 e. The monoisotopic (exact) mass is 465 g/mol. The van der Waals surface area contributed by atoms with Gasteiger partial charge in [-0.3, -0.25) is 4.79 Å². The molecule has 1 saturated heterocycles. The van der Waals surface area contributed by atoms with Crippen molar-refractivity contribution in [3.63, 3.8) is 0 Å². The summed E-state index contributed by atoms with van der Waals surface area (Å²) in [7, 11) is 0. The molecule has 0 radical (unpaired) electrons. The lowest BCUT2D eigenvalue weighted by Crippen LogP contribution is -2.54. The van der Waals surface area contributed by atoms with Crippen molar-refractivity contribution in [3.8, 4) is 0 Å². The van der Waals surface area contributed by atoms with Crippen LogP contribution in [0.4, 0.5) is 4.39 Å². The largest absolute Gasteiger partial charge is 0.464 e. The average molecular weight is 466 g/mol. The molecule has 1 amide bonds. The van der Waals surface area contributed by atoms with Crippen LogP contribution in [-0.2, 0) is 19.1 Å². The number of amides is 1. The molecule has 3 atom stereocenters. The molecule has 0 bridgehead atoms. The number of halogens is 3. The van der Waals surface area contributed by atoms with Gasteiger partial charge in [0.05, 0.1) is 17.7 Å². The molecule has 2 aromatic rings. The molecular weight excluding hydrogens is 444 g/mol. The normalized spacial score (nSPS) is 22.3. The molecule has 2 aromatic carbocycles. The highest BCUT2D eigenvalue weighted by molar-refractivity contribution is 6.31. The van der Waals surface area contributed by atoms with Crippen LogP contribution in [0, 0.1) is 11.7 Å². The zero-order valence-electron chi connectivity index (χ0n) is 16.9. The number of nitrogens with zero attached hydrogens (tertiary/aromatic N) is 1. The highest BCUT2D eigenvalue weighted by atomic mass is 35.5. The maximum absolute atomic E-state index is 14.4. The molecule has 0 N–H and O–H groups in total. The van der Waals surface area contributed by atoms with Crippen molar-refractivity contribution in [1.82, 2.24) is 4.90 Å². The highest BCUT2D eigenvalue weighted by Gasteiger charge is 2.50. The van der Waals surface area contributed by atoms with Gasteiger partial charge in [0, 0.05) is 5.02 Å². The molecule has 1 aliphatic carbocycles. The molecular formula is C23H22Cl2FNO4. The van der Waals surface area contributed by atoms with Gasteiger partial charge in [-0.2, -0.15) is 0 Å². The van der Waals surface area contributed by atoms with Gasteiger partial charge in [-0.25, -0.2) is 9.18 Å². The van der Waals surface area contributed by atoms with Gasteiger partial charge in [-0.05, 0) is 61.1 Å². The number of hydrogen-bond donors (Lipinski definition) is 0. The average Bonchev–Trinajstić information content (AvgIpc) is 3.57. The van der Waals surface area contributed by atoms with E-state index >= 15 is 0 Å². The van der Waals surface area contributed by atoms with E-state index in [1.54, 1.807) is 31.2 Å². The smallest absolute Gasteiger partial charge is 0.329 e. The Labute approximate surface area is 190 Å². The summed E-state index contributed by atoms with van der Waals surface area (Å²) >= 11 is 12.1. The molecule has 31 heavy (non-hydrogen) atoms. The number of hydrogen-bond acceptors (Lipinski definition) is 4.